The van der Waals surface area contributed by atoms with Crippen molar-refractivity contribution < 1.29 is 24.5 Å². The van der Waals surface area contributed by atoms with Crippen molar-refractivity contribution in [1.82, 2.24) is 0 Å². The fraction of sp³-hybridized carbons (Fsp3) is 0.222. The number of carbonyl (C=O) groups is 1. The summed E-state index contributed by atoms with van der Waals surface area (Å²) in [6.07, 6.45) is -3.93. The van der Waals surface area contributed by atoms with Gasteiger partial charge in [-0.1, -0.05) is 23.7 Å². The van der Waals surface area contributed by atoms with Gasteiger partial charge in [0.2, 0.25) is 0 Å². The molecule has 0 bridgehead atoms. The first-order chi connectivity index (χ1) is 6.95. The maximum absolute atomic E-state index is 13.3. The standard InChI is InChI=1S/C9H8ClFO4/c10-5-3-1-2-4(6(5)11)7(12)8(13)9(14)15/h1-3,7-8,12-13H,(H,14,15). The second-order valence-electron chi connectivity index (χ2n) is 2.87. The highest BCUT2D eigenvalue weighted by molar-refractivity contribution is 6.30. The van der Waals surface area contributed by atoms with E-state index in [9.17, 15) is 14.3 Å². The van der Waals surface area contributed by atoms with E-state index in [-0.39, 0.29) is 10.6 Å². The maximum Gasteiger partial charge on any atom is 0.335 e. The van der Waals surface area contributed by atoms with E-state index in [2.05, 4.69) is 0 Å². The Balaban J connectivity index is 3.06. The van der Waals surface area contributed by atoms with Gasteiger partial charge in [0.05, 0.1) is 5.02 Å². The summed E-state index contributed by atoms with van der Waals surface area (Å²) in [6.45, 7) is 0. The third kappa shape index (κ3) is 2.44. The lowest BCUT2D eigenvalue weighted by Crippen LogP contribution is -2.28. The molecule has 4 nitrogen and oxygen atoms in total. The Bertz CT molecular complexity index is 382. The van der Waals surface area contributed by atoms with E-state index in [4.69, 9.17) is 21.8 Å². The van der Waals surface area contributed by atoms with Gasteiger partial charge < -0.3 is 15.3 Å². The predicted octanol–water partition coefficient (Wildman–Crippen LogP) is 0.958. The first-order valence-corrected chi connectivity index (χ1v) is 4.35. The number of carboxylic acids is 1. The minimum atomic E-state index is -2.09. The Morgan fingerprint density at radius 3 is 2.53 bits per heavy atom. The topological polar surface area (TPSA) is 77.8 Å². The van der Waals surface area contributed by atoms with Gasteiger partial charge in [0.1, 0.15) is 11.9 Å². The van der Waals surface area contributed by atoms with Gasteiger partial charge >= 0.3 is 5.97 Å². The number of aliphatic hydroxyl groups is 2. The summed E-state index contributed by atoms with van der Waals surface area (Å²) in [4.78, 5) is 10.3. The van der Waals surface area contributed by atoms with Gasteiger partial charge in [-0.05, 0) is 6.07 Å². The molecule has 2 unspecified atom stereocenters. The summed E-state index contributed by atoms with van der Waals surface area (Å²) in [6, 6.07) is 3.75. The average molecular weight is 235 g/mol. The third-order valence-corrected chi connectivity index (χ3v) is 2.14. The van der Waals surface area contributed by atoms with E-state index in [1.54, 1.807) is 0 Å². The van der Waals surface area contributed by atoms with Crippen molar-refractivity contribution in [2.45, 2.75) is 12.2 Å². The quantitative estimate of drug-likeness (QED) is 0.728. The van der Waals surface area contributed by atoms with Crippen LogP contribution in [0.3, 0.4) is 0 Å². The SMILES string of the molecule is O=C(O)C(O)C(O)c1cccc(Cl)c1F. The number of halogens is 2. The van der Waals surface area contributed by atoms with Gasteiger partial charge in [0, 0.05) is 5.56 Å². The molecule has 6 heteroatoms. The number of hydrogen-bond donors (Lipinski definition) is 3. The fourth-order valence-electron chi connectivity index (χ4n) is 1.05. The van der Waals surface area contributed by atoms with E-state index in [1.165, 1.54) is 12.1 Å². The predicted molar refractivity (Wildman–Crippen MR) is 50.0 cm³/mol. The Hall–Kier alpha value is -1.17. The van der Waals surface area contributed by atoms with Crippen LogP contribution in [-0.2, 0) is 4.79 Å². The molecule has 0 spiro atoms. The molecular weight excluding hydrogens is 227 g/mol. The van der Waals surface area contributed by atoms with E-state index in [0.29, 0.717) is 0 Å². The second-order valence-corrected chi connectivity index (χ2v) is 3.28. The molecule has 3 N–H and O–H groups in total. The van der Waals surface area contributed by atoms with Crippen molar-refractivity contribution in [2.75, 3.05) is 0 Å². The van der Waals surface area contributed by atoms with Crippen LogP contribution in [0.1, 0.15) is 11.7 Å². The van der Waals surface area contributed by atoms with Crippen LogP contribution in [0.25, 0.3) is 0 Å². The van der Waals surface area contributed by atoms with Crippen molar-refractivity contribution >= 4 is 17.6 Å². The molecular formula is C9H8ClFO4. The molecule has 1 aromatic carbocycles. The van der Waals surface area contributed by atoms with Gasteiger partial charge in [-0.3, -0.25) is 0 Å². The third-order valence-electron chi connectivity index (χ3n) is 1.85. The van der Waals surface area contributed by atoms with Gasteiger partial charge in [-0.25, -0.2) is 9.18 Å². The molecule has 0 amide bonds. The average Bonchev–Trinajstić information content (AvgIpc) is 2.20. The monoisotopic (exact) mass is 234 g/mol. The molecule has 1 aromatic rings. The Kier molecular flexibility index (Phi) is 3.62. The molecule has 0 aromatic heterocycles. The lowest BCUT2D eigenvalue weighted by molar-refractivity contribution is -0.153. The van der Waals surface area contributed by atoms with E-state index < -0.39 is 24.0 Å². The molecule has 1 rings (SSSR count). The maximum atomic E-state index is 13.3. The Morgan fingerprint density at radius 2 is 2.00 bits per heavy atom. The van der Waals surface area contributed by atoms with Crippen molar-refractivity contribution in [2.24, 2.45) is 0 Å². The second kappa shape index (κ2) is 4.57. The van der Waals surface area contributed by atoms with Crippen LogP contribution in [0, 0.1) is 5.82 Å². The molecule has 0 aliphatic carbocycles. The molecule has 0 radical (unpaired) electrons. The number of aliphatic carboxylic acids is 1. The summed E-state index contributed by atoms with van der Waals surface area (Å²) in [7, 11) is 0. The van der Waals surface area contributed by atoms with Crippen LogP contribution in [0.15, 0.2) is 18.2 Å². The molecule has 15 heavy (non-hydrogen) atoms. The minimum Gasteiger partial charge on any atom is -0.479 e. The van der Waals surface area contributed by atoms with Crippen LogP contribution in [-0.4, -0.2) is 27.4 Å². The number of aliphatic hydroxyl groups excluding tert-OH is 2. The van der Waals surface area contributed by atoms with Crippen molar-refractivity contribution in [1.29, 1.82) is 0 Å². The van der Waals surface area contributed by atoms with E-state index >= 15 is 0 Å². The highest BCUT2D eigenvalue weighted by Crippen LogP contribution is 2.25. The molecule has 0 saturated heterocycles. The number of benzene rings is 1. The van der Waals surface area contributed by atoms with Gasteiger partial charge in [0.15, 0.2) is 6.10 Å². The fourth-order valence-corrected chi connectivity index (χ4v) is 1.24. The van der Waals surface area contributed by atoms with Crippen molar-refractivity contribution in [3.8, 4) is 0 Å². The lowest BCUT2D eigenvalue weighted by Gasteiger charge is -2.15. The zero-order valence-corrected chi connectivity index (χ0v) is 8.15. The van der Waals surface area contributed by atoms with Gasteiger partial charge in [-0.2, -0.15) is 0 Å². The Labute approximate surface area is 89.5 Å². The summed E-state index contributed by atoms with van der Waals surface area (Å²) >= 11 is 5.43. The molecule has 0 fully saturated rings. The zero-order valence-electron chi connectivity index (χ0n) is 7.39. The first kappa shape index (κ1) is 11.9. The largest absolute Gasteiger partial charge is 0.479 e. The highest BCUT2D eigenvalue weighted by Gasteiger charge is 2.27. The summed E-state index contributed by atoms with van der Waals surface area (Å²) in [5.74, 6) is -2.58. The molecule has 2 atom stereocenters. The highest BCUT2D eigenvalue weighted by atomic mass is 35.5. The summed E-state index contributed by atoms with van der Waals surface area (Å²) in [5.41, 5.74) is -0.350. The number of rotatable bonds is 3. The molecule has 0 aliphatic rings. The van der Waals surface area contributed by atoms with Gasteiger partial charge in [0.25, 0.3) is 0 Å². The first-order valence-electron chi connectivity index (χ1n) is 3.98. The number of hydrogen-bond acceptors (Lipinski definition) is 3. The summed E-state index contributed by atoms with van der Waals surface area (Å²) in [5, 5.41) is 26.5. The molecule has 0 heterocycles. The van der Waals surface area contributed by atoms with Crippen molar-refractivity contribution in [3.05, 3.63) is 34.6 Å². The summed E-state index contributed by atoms with van der Waals surface area (Å²) < 4.78 is 13.3. The van der Waals surface area contributed by atoms with Crippen molar-refractivity contribution in [3.63, 3.8) is 0 Å². The molecule has 82 valence electrons. The molecule has 0 aliphatic heterocycles. The minimum absolute atomic E-state index is 0.246. The van der Waals surface area contributed by atoms with Crippen LogP contribution in [0.2, 0.25) is 5.02 Å². The Morgan fingerprint density at radius 1 is 1.40 bits per heavy atom. The van der Waals surface area contributed by atoms with Crippen LogP contribution < -0.4 is 0 Å². The smallest absolute Gasteiger partial charge is 0.335 e. The number of carboxylic acid groups (broad SMARTS) is 1. The zero-order chi connectivity index (χ0) is 11.6. The lowest BCUT2D eigenvalue weighted by atomic mass is 10.0. The van der Waals surface area contributed by atoms with E-state index in [0.717, 1.165) is 6.07 Å². The normalized spacial score (nSPS) is 14.7. The van der Waals surface area contributed by atoms with E-state index in [1.807, 2.05) is 0 Å². The van der Waals surface area contributed by atoms with Gasteiger partial charge in [-0.15, -0.1) is 0 Å². The van der Waals surface area contributed by atoms with Crippen LogP contribution in [0.4, 0.5) is 4.39 Å². The van der Waals surface area contributed by atoms with Crippen LogP contribution >= 0.6 is 11.6 Å². The van der Waals surface area contributed by atoms with Crippen LogP contribution in [0.5, 0.6) is 0 Å². The molecule has 0 saturated carbocycles.